The Morgan fingerprint density at radius 3 is 2.29 bits per heavy atom. The van der Waals surface area contributed by atoms with Crippen molar-refractivity contribution in [1.29, 1.82) is 0 Å². The number of benzene rings is 2. The van der Waals surface area contributed by atoms with Crippen molar-refractivity contribution in [3.05, 3.63) is 82.3 Å². The van der Waals surface area contributed by atoms with Crippen LogP contribution in [0.4, 0.5) is 23.7 Å². The van der Waals surface area contributed by atoms with Gasteiger partial charge >= 0.3 is 6.09 Å². The maximum atomic E-state index is 15.2. The van der Waals surface area contributed by atoms with Crippen LogP contribution in [0.5, 0.6) is 0 Å². The van der Waals surface area contributed by atoms with Crippen LogP contribution in [0.25, 0.3) is 22.0 Å². The minimum atomic E-state index is -3.11. The molecule has 0 radical (unpaired) electrons. The normalized spacial score (nSPS) is 13.5. The summed E-state index contributed by atoms with van der Waals surface area (Å²) in [5.41, 5.74) is -0.0775. The van der Waals surface area contributed by atoms with Crippen LogP contribution in [0, 0.1) is 12.7 Å². The number of hydrogen-bond donors (Lipinski definition) is 4. The number of anilines is 1. The lowest BCUT2D eigenvalue weighted by Gasteiger charge is -2.25. The Hall–Kier alpha value is -4.00. The predicted octanol–water partition coefficient (Wildman–Crippen LogP) is 7.00. The van der Waals surface area contributed by atoms with Gasteiger partial charge in [0.2, 0.25) is 0 Å². The molecule has 0 saturated carbocycles. The van der Waals surface area contributed by atoms with Gasteiger partial charge in [0.15, 0.2) is 11.9 Å². The molecule has 2 aromatic carbocycles. The fourth-order valence-corrected chi connectivity index (χ4v) is 4.78. The lowest BCUT2D eigenvalue weighted by atomic mass is 9.99. The quantitative estimate of drug-likeness (QED) is 0.153. The molecule has 0 aliphatic rings. The highest BCUT2D eigenvalue weighted by Gasteiger charge is 2.30. The van der Waals surface area contributed by atoms with Crippen molar-refractivity contribution in [3.63, 3.8) is 0 Å². The fraction of sp³-hybridized carbons (Fsp3) is 0.375. The summed E-state index contributed by atoms with van der Waals surface area (Å²) in [6.45, 7) is 9.27. The van der Waals surface area contributed by atoms with Gasteiger partial charge in [-0.2, -0.15) is 0 Å². The SMILES string of the molecule is Cc1nc2ccc(-c3cnc(C(C)(C)O)nc3)cc2c(N[C@@H](c2cc(C(CO)OC(=O)NC(C)(C)C)ccc2F)C(F)F)c1Cl. The number of nitrogens with zero attached hydrogens (tertiary/aromatic N) is 3. The Bertz CT molecular complexity index is 1690. The number of carbonyl (C=O) groups excluding carboxylic acids is 1. The number of pyridine rings is 1. The predicted molar refractivity (Wildman–Crippen MR) is 166 cm³/mol. The van der Waals surface area contributed by atoms with Gasteiger partial charge in [-0.25, -0.2) is 27.9 Å². The number of ether oxygens (including phenoxy) is 1. The van der Waals surface area contributed by atoms with E-state index in [1.165, 1.54) is 18.5 Å². The number of aromatic nitrogens is 3. The molecule has 45 heavy (non-hydrogen) atoms. The van der Waals surface area contributed by atoms with Crippen molar-refractivity contribution in [2.45, 2.75) is 71.3 Å². The van der Waals surface area contributed by atoms with Crippen LogP contribution in [0.1, 0.15) is 69.4 Å². The van der Waals surface area contributed by atoms with E-state index < -0.39 is 53.8 Å². The smallest absolute Gasteiger partial charge is 0.408 e. The Kier molecular flexibility index (Phi) is 9.91. The number of hydrogen-bond acceptors (Lipinski definition) is 8. The maximum Gasteiger partial charge on any atom is 0.408 e. The molecular weight excluding hydrogens is 611 g/mol. The molecule has 9 nitrogen and oxygen atoms in total. The molecule has 0 aliphatic carbocycles. The van der Waals surface area contributed by atoms with Crippen LogP contribution in [-0.4, -0.2) is 49.8 Å². The minimum Gasteiger partial charge on any atom is -0.439 e. The molecule has 1 unspecified atom stereocenters. The molecule has 2 atom stereocenters. The molecule has 4 rings (SSSR count). The third kappa shape index (κ3) is 7.99. The minimum absolute atomic E-state index is 0.0610. The second-order valence-electron chi connectivity index (χ2n) is 12.2. The standard InChI is InChI=1S/C32H35ClF3N5O4/c1-16-25(33)26(21-11-17(8-10-23(21)39-16)19-13-37-29(38-14-19)32(5,6)44)40-27(28(35)36)20-12-18(7-9-22(20)34)24(15-42)45-30(43)41-31(2,3)4/h7-14,24,27-28,42,44H,15H2,1-6H3,(H,39,40)(H,41,43)/t24?,27-/m0/s1. The van der Waals surface area contributed by atoms with E-state index in [4.69, 9.17) is 16.3 Å². The van der Waals surface area contributed by atoms with Crippen LogP contribution < -0.4 is 10.6 Å². The van der Waals surface area contributed by atoms with Crippen LogP contribution in [-0.2, 0) is 10.3 Å². The van der Waals surface area contributed by atoms with Gasteiger partial charge in [0.25, 0.3) is 6.43 Å². The second-order valence-corrected chi connectivity index (χ2v) is 12.5. The van der Waals surface area contributed by atoms with E-state index in [1.807, 2.05) is 0 Å². The summed E-state index contributed by atoms with van der Waals surface area (Å²) in [5, 5.41) is 25.9. The molecule has 4 aromatic rings. The lowest BCUT2D eigenvalue weighted by molar-refractivity contribution is 0.0527. The van der Waals surface area contributed by atoms with Gasteiger partial charge in [-0.1, -0.05) is 23.7 Å². The molecule has 2 heterocycles. The highest BCUT2D eigenvalue weighted by molar-refractivity contribution is 6.35. The van der Waals surface area contributed by atoms with Gasteiger partial charge in [0.05, 0.1) is 28.5 Å². The van der Waals surface area contributed by atoms with Crippen molar-refractivity contribution in [3.8, 4) is 11.1 Å². The summed E-state index contributed by atoms with van der Waals surface area (Å²) in [5.74, 6) is -0.717. The van der Waals surface area contributed by atoms with E-state index in [9.17, 15) is 23.8 Å². The number of fused-ring (bicyclic) bond motifs is 1. The van der Waals surface area contributed by atoms with E-state index in [0.717, 1.165) is 12.1 Å². The highest BCUT2D eigenvalue weighted by Crippen LogP contribution is 2.39. The van der Waals surface area contributed by atoms with Crippen molar-refractivity contribution in [2.75, 3.05) is 11.9 Å². The number of halogens is 4. The van der Waals surface area contributed by atoms with E-state index >= 15 is 4.39 Å². The average Bonchev–Trinajstić information content (AvgIpc) is 2.95. The van der Waals surface area contributed by atoms with Crippen molar-refractivity contribution in [2.24, 2.45) is 0 Å². The third-order valence-corrected chi connectivity index (χ3v) is 7.26. The first-order valence-corrected chi connectivity index (χ1v) is 14.4. The zero-order valence-corrected chi connectivity index (χ0v) is 26.4. The Morgan fingerprint density at radius 2 is 1.71 bits per heavy atom. The topological polar surface area (TPSA) is 129 Å². The van der Waals surface area contributed by atoms with E-state index in [-0.39, 0.29) is 22.1 Å². The molecule has 0 bridgehead atoms. The summed E-state index contributed by atoms with van der Waals surface area (Å²) in [6, 6.07) is 6.58. The summed E-state index contributed by atoms with van der Waals surface area (Å²) < 4.78 is 49.9. The summed E-state index contributed by atoms with van der Waals surface area (Å²) in [4.78, 5) is 25.3. The molecular formula is C32H35ClF3N5O4. The number of carbonyl (C=O) groups is 1. The van der Waals surface area contributed by atoms with E-state index in [0.29, 0.717) is 27.7 Å². The molecule has 0 spiro atoms. The zero-order valence-electron chi connectivity index (χ0n) is 25.6. The second kappa shape index (κ2) is 13.2. The zero-order chi connectivity index (χ0) is 33.3. The molecule has 240 valence electrons. The number of aryl methyl sites for hydroxylation is 1. The summed E-state index contributed by atoms with van der Waals surface area (Å²) in [7, 11) is 0. The highest BCUT2D eigenvalue weighted by atomic mass is 35.5. The number of alkyl carbamates (subject to hydrolysis) is 1. The van der Waals surface area contributed by atoms with E-state index in [2.05, 4.69) is 25.6 Å². The molecule has 0 aliphatic heterocycles. The molecule has 0 fully saturated rings. The maximum absolute atomic E-state index is 15.2. The van der Waals surface area contributed by atoms with Crippen LogP contribution in [0.3, 0.4) is 0 Å². The first-order chi connectivity index (χ1) is 21.0. The fourth-order valence-electron chi connectivity index (χ4n) is 4.58. The Balaban J connectivity index is 1.75. The number of amides is 1. The van der Waals surface area contributed by atoms with Crippen LogP contribution in [0.2, 0.25) is 5.02 Å². The van der Waals surface area contributed by atoms with Gasteiger partial charge in [0, 0.05) is 34.4 Å². The van der Waals surface area contributed by atoms with Gasteiger partial charge < -0.3 is 25.6 Å². The monoisotopic (exact) mass is 645 g/mol. The molecule has 2 aromatic heterocycles. The number of rotatable bonds is 9. The summed E-state index contributed by atoms with van der Waals surface area (Å²) >= 11 is 6.62. The lowest BCUT2D eigenvalue weighted by Crippen LogP contribution is -2.41. The van der Waals surface area contributed by atoms with Gasteiger partial charge in [0.1, 0.15) is 17.5 Å². The first kappa shape index (κ1) is 33.9. The number of aliphatic hydroxyl groups excluding tert-OH is 1. The molecule has 0 saturated heterocycles. The molecule has 13 heteroatoms. The van der Waals surface area contributed by atoms with Crippen molar-refractivity contribution < 1.29 is 32.9 Å². The van der Waals surface area contributed by atoms with Gasteiger partial charge in [-0.3, -0.25) is 4.98 Å². The molecule has 1 amide bonds. The third-order valence-electron chi connectivity index (χ3n) is 6.79. The number of alkyl halides is 2. The van der Waals surface area contributed by atoms with Gasteiger partial charge in [-0.15, -0.1) is 0 Å². The van der Waals surface area contributed by atoms with Crippen LogP contribution >= 0.6 is 11.6 Å². The van der Waals surface area contributed by atoms with Crippen LogP contribution in [0.15, 0.2) is 48.8 Å². The average molecular weight is 646 g/mol. The van der Waals surface area contributed by atoms with Crippen molar-refractivity contribution in [1.82, 2.24) is 20.3 Å². The first-order valence-electron chi connectivity index (χ1n) is 14.1. The van der Waals surface area contributed by atoms with E-state index in [1.54, 1.807) is 59.7 Å². The largest absolute Gasteiger partial charge is 0.439 e. The number of aliphatic hydroxyl groups is 2. The van der Waals surface area contributed by atoms with Crippen molar-refractivity contribution >= 4 is 34.3 Å². The molecule has 4 N–H and O–H groups in total. The Labute approximate surface area is 263 Å². The number of nitrogens with one attached hydrogen (secondary N) is 2. The summed E-state index contributed by atoms with van der Waals surface area (Å²) in [6.07, 6.45) is -2.13. The Morgan fingerprint density at radius 1 is 1.04 bits per heavy atom. The van der Waals surface area contributed by atoms with Gasteiger partial charge in [-0.05, 0) is 76.9 Å².